The maximum Gasteiger partial charge on any atom is 0.405 e. The standard InChI is InChI=1S/C15H22INO3/c1-10(2)9-15(19,14(3,4)20-13(17)18)11-7-5-6-8-12(11)16/h5-8,10,19H,9H2,1-4H3,(H2,17,18)/t15-/m0/s1. The molecule has 0 aromatic heterocycles. The summed E-state index contributed by atoms with van der Waals surface area (Å²) in [6.45, 7) is 7.40. The Bertz CT molecular complexity index is 488. The summed E-state index contributed by atoms with van der Waals surface area (Å²) in [6.07, 6.45) is -0.420. The largest absolute Gasteiger partial charge is 0.440 e. The fourth-order valence-corrected chi connectivity index (χ4v) is 3.24. The van der Waals surface area contributed by atoms with E-state index in [-0.39, 0.29) is 5.92 Å². The summed E-state index contributed by atoms with van der Waals surface area (Å²) < 4.78 is 6.12. The van der Waals surface area contributed by atoms with Gasteiger partial charge in [0.15, 0.2) is 0 Å². The minimum atomic E-state index is -1.30. The fourth-order valence-electron chi connectivity index (χ4n) is 2.40. The minimum absolute atomic E-state index is 0.228. The van der Waals surface area contributed by atoms with E-state index in [0.717, 1.165) is 9.13 Å². The first-order chi connectivity index (χ1) is 9.10. The molecule has 0 saturated carbocycles. The van der Waals surface area contributed by atoms with Crippen molar-refractivity contribution in [3.63, 3.8) is 0 Å². The number of benzene rings is 1. The summed E-state index contributed by atoms with van der Waals surface area (Å²) in [5.74, 6) is 0.228. The van der Waals surface area contributed by atoms with E-state index in [2.05, 4.69) is 22.6 Å². The Kier molecular flexibility index (Phi) is 5.43. The predicted molar refractivity (Wildman–Crippen MR) is 87.3 cm³/mol. The number of ether oxygens (including phenoxy) is 1. The SMILES string of the molecule is CC(C)C[C@](O)(c1ccccc1I)C(C)(C)OC(N)=O. The molecule has 0 aliphatic rings. The van der Waals surface area contributed by atoms with Crippen molar-refractivity contribution in [1.29, 1.82) is 0 Å². The predicted octanol–water partition coefficient (Wildman–Crippen LogP) is 3.40. The Hall–Kier alpha value is -0.820. The van der Waals surface area contributed by atoms with Gasteiger partial charge in [-0.05, 0) is 54.8 Å². The molecule has 4 nitrogen and oxygen atoms in total. The summed E-state index contributed by atoms with van der Waals surface area (Å²) >= 11 is 2.17. The zero-order chi connectivity index (χ0) is 15.6. The molecule has 0 radical (unpaired) electrons. The van der Waals surface area contributed by atoms with E-state index in [1.165, 1.54) is 0 Å². The highest BCUT2D eigenvalue weighted by molar-refractivity contribution is 14.1. The van der Waals surface area contributed by atoms with Crippen LogP contribution in [0.15, 0.2) is 24.3 Å². The molecule has 1 atom stereocenters. The second-order valence-electron chi connectivity index (χ2n) is 5.87. The molecular formula is C15H22INO3. The number of amides is 1. The third-order valence-electron chi connectivity index (χ3n) is 3.37. The van der Waals surface area contributed by atoms with Crippen molar-refractivity contribution in [2.75, 3.05) is 0 Å². The van der Waals surface area contributed by atoms with Crippen LogP contribution < -0.4 is 5.73 Å². The summed E-state index contributed by atoms with van der Waals surface area (Å²) in [7, 11) is 0. The molecule has 112 valence electrons. The molecule has 1 aromatic rings. The van der Waals surface area contributed by atoms with Crippen LogP contribution >= 0.6 is 22.6 Å². The topological polar surface area (TPSA) is 72.6 Å². The maximum atomic E-state index is 11.3. The first kappa shape index (κ1) is 17.2. The fraction of sp³-hybridized carbons (Fsp3) is 0.533. The molecule has 0 saturated heterocycles. The highest BCUT2D eigenvalue weighted by atomic mass is 127. The number of rotatable bonds is 5. The van der Waals surface area contributed by atoms with Crippen LogP contribution in [0.25, 0.3) is 0 Å². The van der Waals surface area contributed by atoms with Gasteiger partial charge in [0.1, 0.15) is 11.2 Å². The van der Waals surface area contributed by atoms with Crippen molar-refractivity contribution in [3.8, 4) is 0 Å². The van der Waals surface area contributed by atoms with E-state index < -0.39 is 17.3 Å². The zero-order valence-electron chi connectivity index (χ0n) is 12.3. The first-order valence-electron chi connectivity index (χ1n) is 6.56. The Balaban J connectivity index is 3.36. The quantitative estimate of drug-likeness (QED) is 0.756. The Morgan fingerprint density at radius 1 is 1.40 bits per heavy atom. The molecule has 0 aliphatic heterocycles. The van der Waals surface area contributed by atoms with Gasteiger partial charge in [-0.15, -0.1) is 0 Å². The van der Waals surface area contributed by atoms with Crippen molar-refractivity contribution in [3.05, 3.63) is 33.4 Å². The van der Waals surface area contributed by atoms with Gasteiger partial charge in [0, 0.05) is 9.13 Å². The van der Waals surface area contributed by atoms with Crippen molar-refractivity contribution in [1.82, 2.24) is 0 Å². The van der Waals surface area contributed by atoms with Gasteiger partial charge in [0.2, 0.25) is 0 Å². The molecule has 0 spiro atoms. The number of nitrogens with two attached hydrogens (primary N) is 1. The summed E-state index contributed by atoms with van der Waals surface area (Å²) in [6, 6.07) is 7.55. The lowest BCUT2D eigenvalue weighted by molar-refractivity contribution is -0.148. The second-order valence-corrected chi connectivity index (χ2v) is 7.03. The van der Waals surface area contributed by atoms with E-state index in [1.54, 1.807) is 13.8 Å². The zero-order valence-corrected chi connectivity index (χ0v) is 14.5. The van der Waals surface area contributed by atoms with E-state index in [9.17, 15) is 9.90 Å². The second kappa shape index (κ2) is 6.30. The smallest absolute Gasteiger partial charge is 0.405 e. The van der Waals surface area contributed by atoms with Crippen LogP contribution in [0.3, 0.4) is 0 Å². The summed E-state index contributed by atoms with van der Waals surface area (Å²) in [5, 5.41) is 11.3. The number of carbonyl (C=O) groups is 1. The number of primary amides is 1. The van der Waals surface area contributed by atoms with E-state index in [0.29, 0.717) is 6.42 Å². The Morgan fingerprint density at radius 3 is 2.40 bits per heavy atom. The molecule has 1 amide bonds. The van der Waals surface area contributed by atoms with Crippen LogP contribution in [0.2, 0.25) is 0 Å². The molecule has 1 aromatic carbocycles. The number of aliphatic hydroxyl groups is 1. The molecule has 5 heteroatoms. The van der Waals surface area contributed by atoms with Crippen LogP contribution in [-0.4, -0.2) is 16.8 Å². The molecule has 3 N–H and O–H groups in total. The average Bonchev–Trinajstić information content (AvgIpc) is 2.26. The summed E-state index contributed by atoms with van der Waals surface area (Å²) in [5.41, 5.74) is 3.48. The van der Waals surface area contributed by atoms with Gasteiger partial charge in [-0.2, -0.15) is 0 Å². The third kappa shape index (κ3) is 3.63. The van der Waals surface area contributed by atoms with Crippen LogP contribution in [0.5, 0.6) is 0 Å². The lowest BCUT2D eigenvalue weighted by Crippen LogP contribution is -2.52. The molecular weight excluding hydrogens is 369 g/mol. The Labute approximate surface area is 133 Å². The monoisotopic (exact) mass is 391 g/mol. The first-order valence-corrected chi connectivity index (χ1v) is 7.64. The van der Waals surface area contributed by atoms with Crippen molar-refractivity contribution >= 4 is 28.7 Å². The van der Waals surface area contributed by atoms with Gasteiger partial charge in [-0.25, -0.2) is 4.79 Å². The van der Waals surface area contributed by atoms with Gasteiger partial charge in [0.05, 0.1) is 0 Å². The number of hydrogen-bond donors (Lipinski definition) is 2. The third-order valence-corrected chi connectivity index (χ3v) is 4.32. The van der Waals surface area contributed by atoms with Gasteiger partial charge >= 0.3 is 6.09 Å². The normalized spacial score (nSPS) is 14.9. The number of hydrogen-bond acceptors (Lipinski definition) is 3. The van der Waals surface area contributed by atoms with Crippen LogP contribution in [0.1, 0.15) is 39.7 Å². The van der Waals surface area contributed by atoms with Gasteiger partial charge in [-0.1, -0.05) is 32.0 Å². The lowest BCUT2D eigenvalue weighted by Gasteiger charge is -2.43. The highest BCUT2D eigenvalue weighted by Crippen LogP contribution is 2.42. The van der Waals surface area contributed by atoms with Gasteiger partial charge in [-0.3, -0.25) is 0 Å². The number of halogens is 1. The highest BCUT2D eigenvalue weighted by Gasteiger charge is 2.49. The van der Waals surface area contributed by atoms with Crippen LogP contribution in [0.4, 0.5) is 4.79 Å². The molecule has 1 rings (SSSR count). The van der Waals surface area contributed by atoms with Crippen LogP contribution in [0, 0.1) is 9.49 Å². The molecule has 0 bridgehead atoms. The van der Waals surface area contributed by atoms with Crippen LogP contribution in [-0.2, 0) is 10.3 Å². The van der Waals surface area contributed by atoms with Crippen molar-refractivity contribution < 1.29 is 14.6 Å². The summed E-state index contributed by atoms with van der Waals surface area (Å²) in [4.78, 5) is 11.2. The average molecular weight is 391 g/mol. The van der Waals surface area contributed by atoms with Crippen molar-refractivity contribution in [2.24, 2.45) is 11.7 Å². The maximum absolute atomic E-state index is 11.3. The van der Waals surface area contributed by atoms with Crippen molar-refractivity contribution in [2.45, 2.75) is 45.3 Å². The van der Waals surface area contributed by atoms with E-state index in [1.807, 2.05) is 38.1 Å². The minimum Gasteiger partial charge on any atom is -0.440 e. The molecule has 0 aliphatic carbocycles. The van der Waals surface area contributed by atoms with Gasteiger partial charge < -0.3 is 15.6 Å². The Morgan fingerprint density at radius 2 is 1.95 bits per heavy atom. The number of carbonyl (C=O) groups excluding carboxylic acids is 1. The molecule has 0 unspecified atom stereocenters. The molecule has 0 fully saturated rings. The van der Waals surface area contributed by atoms with E-state index in [4.69, 9.17) is 10.5 Å². The molecule has 20 heavy (non-hydrogen) atoms. The van der Waals surface area contributed by atoms with E-state index >= 15 is 0 Å². The lowest BCUT2D eigenvalue weighted by atomic mass is 9.74. The molecule has 0 heterocycles. The van der Waals surface area contributed by atoms with Gasteiger partial charge in [0.25, 0.3) is 0 Å².